The van der Waals surface area contributed by atoms with Crippen LogP contribution in [0, 0.1) is 11.8 Å². The van der Waals surface area contributed by atoms with E-state index in [2.05, 4.69) is 35.2 Å². The second-order valence-electron chi connectivity index (χ2n) is 8.87. The highest BCUT2D eigenvalue weighted by Crippen LogP contribution is 2.32. The SMILES string of the molecule is CCc1c(Br)csc1CCCC1CCCCCCCCCCCC(CC)C1. The van der Waals surface area contributed by atoms with Gasteiger partial charge in [-0.05, 0) is 59.0 Å². The lowest BCUT2D eigenvalue weighted by molar-refractivity contribution is 0.294. The Morgan fingerprint density at radius 3 is 2.07 bits per heavy atom. The molecule has 1 fully saturated rings. The molecule has 2 atom stereocenters. The summed E-state index contributed by atoms with van der Waals surface area (Å²) in [4.78, 5) is 1.64. The average Bonchev–Trinajstić information content (AvgIpc) is 3.03. The van der Waals surface area contributed by atoms with E-state index in [1.165, 1.54) is 114 Å². The van der Waals surface area contributed by atoms with E-state index in [1.807, 2.05) is 11.3 Å². The van der Waals surface area contributed by atoms with Crippen LogP contribution in [0.1, 0.15) is 121 Å². The van der Waals surface area contributed by atoms with E-state index in [0.717, 1.165) is 11.8 Å². The topological polar surface area (TPSA) is 0 Å². The minimum Gasteiger partial charge on any atom is -0.147 e. The third-order valence-electron chi connectivity index (χ3n) is 6.77. The first-order chi connectivity index (χ1) is 13.2. The summed E-state index contributed by atoms with van der Waals surface area (Å²) in [5.74, 6) is 1.96. The third kappa shape index (κ3) is 9.03. The van der Waals surface area contributed by atoms with Crippen LogP contribution >= 0.6 is 27.3 Å². The van der Waals surface area contributed by atoms with Crippen molar-refractivity contribution in [2.45, 2.75) is 123 Å². The molecule has 0 saturated heterocycles. The third-order valence-corrected chi connectivity index (χ3v) is 8.87. The Balaban J connectivity index is 1.84. The first-order valence-electron chi connectivity index (χ1n) is 12.0. The van der Waals surface area contributed by atoms with Crippen LogP contribution in [-0.2, 0) is 12.8 Å². The van der Waals surface area contributed by atoms with Gasteiger partial charge in [-0.15, -0.1) is 11.3 Å². The molecule has 0 aromatic carbocycles. The van der Waals surface area contributed by atoms with Gasteiger partial charge in [-0.25, -0.2) is 0 Å². The highest BCUT2D eigenvalue weighted by atomic mass is 79.9. The summed E-state index contributed by atoms with van der Waals surface area (Å²) in [6.45, 7) is 4.72. The summed E-state index contributed by atoms with van der Waals surface area (Å²) in [6.07, 6.45) is 24.5. The van der Waals surface area contributed by atoms with Gasteiger partial charge in [-0.2, -0.15) is 0 Å². The van der Waals surface area contributed by atoms with E-state index in [4.69, 9.17) is 0 Å². The normalized spacial score (nSPS) is 23.8. The summed E-state index contributed by atoms with van der Waals surface area (Å²) < 4.78 is 1.34. The molecule has 0 N–H and O–H groups in total. The first kappa shape index (κ1) is 23.5. The molecule has 1 aliphatic carbocycles. The molecule has 27 heavy (non-hydrogen) atoms. The summed E-state index contributed by atoms with van der Waals surface area (Å²) in [5, 5.41) is 2.29. The Kier molecular flexibility index (Phi) is 12.3. The largest absolute Gasteiger partial charge is 0.147 e. The predicted octanol–water partition coefficient (Wildman–Crippen LogP) is 9.73. The zero-order chi connectivity index (χ0) is 19.3. The van der Waals surface area contributed by atoms with Crippen molar-refractivity contribution in [3.8, 4) is 0 Å². The van der Waals surface area contributed by atoms with Gasteiger partial charge in [-0.1, -0.05) is 97.3 Å². The van der Waals surface area contributed by atoms with E-state index >= 15 is 0 Å². The Hall–Kier alpha value is 0.180. The highest BCUT2D eigenvalue weighted by molar-refractivity contribution is 9.10. The number of hydrogen-bond donors (Lipinski definition) is 0. The van der Waals surface area contributed by atoms with E-state index in [0.29, 0.717) is 0 Å². The van der Waals surface area contributed by atoms with Gasteiger partial charge in [0.05, 0.1) is 0 Å². The molecule has 0 aliphatic heterocycles. The maximum atomic E-state index is 3.73. The van der Waals surface area contributed by atoms with Crippen LogP contribution < -0.4 is 0 Å². The fourth-order valence-corrected chi connectivity index (χ4v) is 6.95. The molecule has 1 saturated carbocycles. The number of rotatable bonds is 6. The lowest BCUT2D eigenvalue weighted by Gasteiger charge is -2.23. The van der Waals surface area contributed by atoms with Crippen LogP contribution in [0.5, 0.6) is 0 Å². The standard InChI is InChI=1S/C25H43BrS/c1-3-21-15-12-10-8-6-5-7-9-11-13-16-22(19-21)17-14-18-25-23(4-2)24(26)20-27-25/h20-22H,3-19H2,1-2H3. The molecule has 2 unspecified atom stereocenters. The number of hydrogen-bond acceptors (Lipinski definition) is 1. The number of aryl methyl sites for hydroxylation is 1. The average molecular weight is 456 g/mol. The van der Waals surface area contributed by atoms with Crippen LogP contribution in [0.25, 0.3) is 0 Å². The molecular formula is C25H43BrS. The molecule has 0 amide bonds. The van der Waals surface area contributed by atoms with Gasteiger partial charge in [0.25, 0.3) is 0 Å². The van der Waals surface area contributed by atoms with Gasteiger partial charge in [-0.3, -0.25) is 0 Å². The molecule has 1 heterocycles. The van der Waals surface area contributed by atoms with Crippen molar-refractivity contribution in [1.82, 2.24) is 0 Å². The fourth-order valence-electron chi connectivity index (χ4n) is 4.97. The Labute approximate surface area is 182 Å². The Morgan fingerprint density at radius 2 is 1.48 bits per heavy atom. The van der Waals surface area contributed by atoms with E-state index in [-0.39, 0.29) is 0 Å². The summed E-state index contributed by atoms with van der Waals surface area (Å²) >= 11 is 5.70. The quantitative estimate of drug-likeness (QED) is 0.400. The van der Waals surface area contributed by atoms with Crippen molar-refractivity contribution in [1.29, 1.82) is 0 Å². The second-order valence-corrected chi connectivity index (χ2v) is 10.7. The minimum atomic E-state index is 0.978. The Bertz CT molecular complexity index is 493. The van der Waals surface area contributed by atoms with Gasteiger partial charge in [0, 0.05) is 14.7 Å². The zero-order valence-corrected chi connectivity index (χ0v) is 20.4. The van der Waals surface area contributed by atoms with Crippen molar-refractivity contribution in [2.24, 2.45) is 11.8 Å². The van der Waals surface area contributed by atoms with E-state index in [1.54, 1.807) is 10.4 Å². The van der Waals surface area contributed by atoms with Gasteiger partial charge >= 0.3 is 0 Å². The van der Waals surface area contributed by atoms with Crippen LogP contribution in [-0.4, -0.2) is 0 Å². The number of halogens is 1. The van der Waals surface area contributed by atoms with Crippen molar-refractivity contribution < 1.29 is 0 Å². The smallest absolute Gasteiger partial charge is 0.0317 e. The van der Waals surface area contributed by atoms with E-state index in [9.17, 15) is 0 Å². The van der Waals surface area contributed by atoms with Crippen LogP contribution in [0.2, 0.25) is 0 Å². The molecule has 0 spiro atoms. The Morgan fingerprint density at radius 1 is 0.889 bits per heavy atom. The molecule has 0 bridgehead atoms. The molecule has 1 aromatic heterocycles. The molecule has 1 aliphatic rings. The van der Waals surface area contributed by atoms with Crippen molar-refractivity contribution in [3.63, 3.8) is 0 Å². The molecule has 0 radical (unpaired) electrons. The summed E-state index contributed by atoms with van der Waals surface area (Å²) in [7, 11) is 0. The van der Waals surface area contributed by atoms with Crippen molar-refractivity contribution >= 4 is 27.3 Å². The van der Waals surface area contributed by atoms with Gasteiger partial charge in [0.1, 0.15) is 0 Å². The molecule has 2 heteroatoms. The maximum absolute atomic E-state index is 3.73. The summed E-state index contributed by atoms with van der Waals surface area (Å²) in [5.41, 5.74) is 1.57. The molecule has 2 rings (SSSR count). The molecular weight excluding hydrogens is 412 g/mol. The van der Waals surface area contributed by atoms with Crippen molar-refractivity contribution in [3.05, 3.63) is 20.3 Å². The van der Waals surface area contributed by atoms with Crippen LogP contribution in [0.4, 0.5) is 0 Å². The highest BCUT2D eigenvalue weighted by Gasteiger charge is 2.16. The van der Waals surface area contributed by atoms with E-state index < -0.39 is 0 Å². The van der Waals surface area contributed by atoms with Crippen molar-refractivity contribution in [2.75, 3.05) is 0 Å². The van der Waals surface area contributed by atoms with Crippen LogP contribution in [0.3, 0.4) is 0 Å². The van der Waals surface area contributed by atoms with Crippen LogP contribution in [0.15, 0.2) is 9.85 Å². The lowest BCUT2D eigenvalue weighted by atomic mass is 9.83. The molecule has 156 valence electrons. The number of thiophene rings is 1. The lowest BCUT2D eigenvalue weighted by Crippen LogP contribution is -2.10. The van der Waals surface area contributed by atoms with Gasteiger partial charge in [0.2, 0.25) is 0 Å². The minimum absolute atomic E-state index is 0.978. The summed E-state index contributed by atoms with van der Waals surface area (Å²) in [6, 6.07) is 0. The predicted molar refractivity (Wildman–Crippen MR) is 127 cm³/mol. The molecule has 1 aromatic rings. The van der Waals surface area contributed by atoms with Gasteiger partial charge in [0.15, 0.2) is 0 Å². The zero-order valence-electron chi connectivity index (χ0n) is 18.0. The maximum Gasteiger partial charge on any atom is 0.0317 e. The second kappa shape index (κ2) is 14.2. The fraction of sp³-hybridized carbons (Fsp3) is 0.840. The molecule has 0 nitrogen and oxygen atoms in total. The first-order valence-corrected chi connectivity index (χ1v) is 13.7. The van der Waals surface area contributed by atoms with Gasteiger partial charge < -0.3 is 0 Å². The monoisotopic (exact) mass is 454 g/mol.